The van der Waals surface area contributed by atoms with Gasteiger partial charge in [-0.15, -0.1) is 5.10 Å². The van der Waals surface area contributed by atoms with Crippen LogP contribution >= 0.6 is 0 Å². The van der Waals surface area contributed by atoms with Crippen molar-refractivity contribution < 1.29 is 23.7 Å². The number of hydrogen-bond acceptors (Lipinski definition) is 7. The molecule has 0 saturated heterocycles. The smallest absolute Gasteiger partial charge is 0.407 e. The lowest BCUT2D eigenvalue weighted by atomic mass is 10.1. The predicted octanol–water partition coefficient (Wildman–Crippen LogP) is 3.86. The molecule has 9 nitrogen and oxygen atoms in total. The van der Waals surface area contributed by atoms with E-state index in [1.165, 1.54) is 0 Å². The maximum Gasteiger partial charge on any atom is 0.407 e. The van der Waals surface area contributed by atoms with Gasteiger partial charge in [0.25, 0.3) is 0 Å². The second kappa shape index (κ2) is 10.0. The number of rotatable bonds is 8. The third-order valence-electron chi connectivity index (χ3n) is 4.26. The predicted molar refractivity (Wildman–Crippen MR) is 120 cm³/mol. The number of hydrogen-bond donors (Lipinski definition) is 1. The molecule has 32 heavy (non-hydrogen) atoms. The Morgan fingerprint density at radius 3 is 2.34 bits per heavy atom. The minimum Gasteiger partial charge on any atom is -0.492 e. The van der Waals surface area contributed by atoms with E-state index in [1.807, 2.05) is 57.2 Å². The van der Waals surface area contributed by atoms with Crippen LogP contribution in [-0.4, -0.2) is 53.8 Å². The average molecular weight is 441 g/mol. The molecule has 0 radical (unpaired) electrons. The molecule has 2 aromatic heterocycles. The molecule has 0 aliphatic heterocycles. The van der Waals surface area contributed by atoms with Gasteiger partial charge in [-0.05, 0) is 51.1 Å². The van der Waals surface area contributed by atoms with Gasteiger partial charge in [0.1, 0.15) is 18.0 Å². The van der Waals surface area contributed by atoms with Gasteiger partial charge in [0.15, 0.2) is 0 Å². The number of methoxy groups -OCH3 is 2. The van der Waals surface area contributed by atoms with Crippen LogP contribution in [0.25, 0.3) is 16.9 Å². The third kappa shape index (κ3) is 6.13. The zero-order chi connectivity index (χ0) is 23.1. The molecule has 0 saturated carbocycles. The van der Waals surface area contributed by atoms with Gasteiger partial charge in [-0.3, -0.25) is 0 Å². The van der Waals surface area contributed by atoms with Crippen molar-refractivity contribution in [3.05, 3.63) is 48.7 Å². The third-order valence-corrected chi connectivity index (χ3v) is 4.26. The van der Waals surface area contributed by atoms with E-state index in [1.54, 1.807) is 31.2 Å². The Labute approximate surface area is 187 Å². The van der Waals surface area contributed by atoms with Crippen LogP contribution < -0.4 is 19.5 Å². The molecular weight excluding hydrogens is 412 g/mol. The summed E-state index contributed by atoms with van der Waals surface area (Å²) in [6.45, 7) is 6.11. The summed E-state index contributed by atoms with van der Waals surface area (Å²) in [5, 5.41) is 7.15. The summed E-state index contributed by atoms with van der Waals surface area (Å²) in [7, 11) is 3.15. The molecule has 2 heterocycles. The molecule has 0 aliphatic carbocycles. The largest absolute Gasteiger partial charge is 0.492 e. The monoisotopic (exact) mass is 440 g/mol. The molecule has 0 bridgehead atoms. The molecule has 3 rings (SSSR count). The first-order chi connectivity index (χ1) is 15.3. The van der Waals surface area contributed by atoms with Gasteiger partial charge >= 0.3 is 6.09 Å². The number of pyridine rings is 1. The van der Waals surface area contributed by atoms with E-state index >= 15 is 0 Å². The van der Waals surface area contributed by atoms with Crippen LogP contribution in [0.4, 0.5) is 4.79 Å². The summed E-state index contributed by atoms with van der Waals surface area (Å²) in [5.41, 5.74) is 2.01. The van der Waals surface area contributed by atoms with Gasteiger partial charge in [-0.25, -0.2) is 14.5 Å². The SMILES string of the molecule is COc1ccc(-n2nc(OC)cc2-c2ccc(OCCNC(=O)OC(C)(C)C)cc2)cn1. The first-order valence-corrected chi connectivity index (χ1v) is 10.1. The number of amides is 1. The van der Waals surface area contributed by atoms with E-state index < -0.39 is 11.7 Å². The molecule has 170 valence electrons. The second-order valence-electron chi connectivity index (χ2n) is 7.84. The van der Waals surface area contributed by atoms with Gasteiger partial charge < -0.3 is 24.3 Å². The van der Waals surface area contributed by atoms with Crippen molar-refractivity contribution in [2.45, 2.75) is 26.4 Å². The molecule has 0 aliphatic rings. The lowest BCUT2D eigenvalue weighted by Gasteiger charge is -2.19. The number of carbonyl (C=O) groups is 1. The molecule has 3 aromatic rings. The minimum absolute atomic E-state index is 0.321. The van der Waals surface area contributed by atoms with Crippen molar-refractivity contribution in [1.29, 1.82) is 0 Å². The molecule has 9 heteroatoms. The lowest BCUT2D eigenvalue weighted by molar-refractivity contribution is 0.0520. The number of aromatic nitrogens is 3. The van der Waals surface area contributed by atoms with E-state index in [9.17, 15) is 4.79 Å². The van der Waals surface area contributed by atoms with Gasteiger partial charge in [0, 0.05) is 17.7 Å². The number of alkyl carbamates (subject to hydrolysis) is 1. The Hall–Kier alpha value is -3.75. The van der Waals surface area contributed by atoms with E-state index in [0.717, 1.165) is 16.9 Å². The summed E-state index contributed by atoms with van der Waals surface area (Å²) in [5.74, 6) is 1.70. The number of carbonyl (C=O) groups excluding carboxylic acids is 1. The maximum absolute atomic E-state index is 11.7. The van der Waals surface area contributed by atoms with E-state index in [0.29, 0.717) is 30.7 Å². The highest BCUT2D eigenvalue weighted by molar-refractivity contribution is 5.67. The molecule has 0 atom stereocenters. The van der Waals surface area contributed by atoms with Crippen LogP contribution in [-0.2, 0) is 4.74 Å². The quantitative estimate of drug-likeness (QED) is 0.531. The Balaban J connectivity index is 1.65. The summed E-state index contributed by atoms with van der Waals surface area (Å²) in [6.07, 6.45) is 1.22. The normalized spacial score (nSPS) is 11.0. The van der Waals surface area contributed by atoms with Crippen LogP contribution in [0.1, 0.15) is 20.8 Å². The molecule has 0 fully saturated rings. The van der Waals surface area contributed by atoms with E-state index in [2.05, 4.69) is 15.4 Å². The first-order valence-electron chi connectivity index (χ1n) is 10.1. The summed E-state index contributed by atoms with van der Waals surface area (Å²) < 4.78 is 23.1. The Bertz CT molecular complexity index is 1020. The lowest BCUT2D eigenvalue weighted by Crippen LogP contribution is -2.34. The van der Waals surface area contributed by atoms with Crippen molar-refractivity contribution >= 4 is 6.09 Å². The first kappa shape index (κ1) is 22.9. The van der Waals surface area contributed by atoms with Crippen LogP contribution in [0.5, 0.6) is 17.5 Å². The van der Waals surface area contributed by atoms with Crippen molar-refractivity contribution in [1.82, 2.24) is 20.1 Å². The van der Waals surface area contributed by atoms with Crippen molar-refractivity contribution in [3.63, 3.8) is 0 Å². The van der Waals surface area contributed by atoms with E-state index in [4.69, 9.17) is 18.9 Å². The fourth-order valence-electron chi connectivity index (χ4n) is 2.84. The van der Waals surface area contributed by atoms with Gasteiger partial charge in [0.05, 0.1) is 38.3 Å². The molecule has 1 aromatic carbocycles. The Morgan fingerprint density at radius 1 is 1.03 bits per heavy atom. The summed E-state index contributed by atoms with van der Waals surface area (Å²) in [4.78, 5) is 15.9. The number of benzene rings is 1. The molecule has 0 unspecified atom stereocenters. The van der Waals surface area contributed by atoms with Crippen LogP contribution in [0.2, 0.25) is 0 Å². The molecular formula is C23H28N4O5. The number of ether oxygens (including phenoxy) is 4. The minimum atomic E-state index is -0.530. The summed E-state index contributed by atoms with van der Waals surface area (Å²) in [6, 6.07) is 13.1. The van der Waals surface area contributed by atoms with Gasteiger partial charge in [-0.2, -0.15) is 0 Å². The highest BCUT2D eigenvalue weighted by atomic mass is 16.6. The van der Waals surface area contributed by atoms with Crippen LogP contribution in [0.15, 0.2) is 48.7 Å². The van der Waals surface area contributed by atoms with Crippen LogP contribution in [0.3, 0.4) is 0 Å². The average Bonchev–Trinajstić information content (AvgIpc) is 3.20. The maximum atomic E-state index is 11.7. The Morgan fingerprint density at radius 2 is 1.75 bits per heavy atom. The standard InChI is InChI=1S/C23H28N4O5/c1-23(2,3)32-22(28)24-12-13-31-18-9-6-16(7-10-18)19-14-21(30-5)26-27(19)17-8-11-20(29-4)25-15-17/h6-11,14-15H,12-13H2,1-5H3,(H,24,28). The van der Waals surface area contributed by atoms with Crippen molar-refractivity contribution in [2.75, 3.05) is 27.4 Å². The van der Waals surface area contributed by atoms with E-state index in [-0.39, 0.29) is 0 Å². The number of nitrogens with one attached hydrogen (secondary N) is 1. The molecule has 1 amide bonds. The van der Waals surface area contributed by atoms with Gasteiger partial charge in [-0.1, -0.05) is 0 Å². The van der Waals surface area contributed by atoms with Crippen LogP contribution in [0, 0.1) is 0 Å². The second-order valence-corrected chi connectivity index (χ2v) is 7.84. The fraction of sp³-hybridized carbons (Fsp3) is 0.348. The van der Waals surface area contributed by atoms with Gasteiger partial charge in [0.2, 0.25) is 11.8 Å². The summed E-state index contributed by atoms with van der Waals surface area (Å²) >= 11 is 0. The molecule has 0 spiro atoms. The zero-order valence-corrected chi connectivity index (χ0v) is 18.9. The highest BCUT2D eigenvalue weighted by Crippen LogP contribution is 2.28. The van der Waals surface area contributed by atoms with Crippen molar-refractivity contribution in [3.8, 4) is 34.5 Å². The zero-order valence-electron chi connectivity index (χ0n) is 18.9. The fourth-order valence-corrected chi connectivity index (χ4v) is 2.84. The Kier molecular flexibility index (Phi) is 7.19. The topological polar surface area (TPSA) is 96.7 Å². The number of nitrogens with zero attached hydrogens (tertiary/aromatic N) is 3. The van der Waals surface area contributed by atoms with Crippen molar-refractivity contribution in [2.24, 2.45) is 0 Å². The highest BCUT2D eigenvalue weighted by Gasteiger charge is 2.16. The molecule has 1 N–H and O–H groups in total.